The SMILES string of the molecule is COC(=O)c1cccc(NC(=O)C2CCN(C(=O)C3CCCCC3)CC2)c1. The van der Waals surface area contributed by atoms with E-state index in [1.165, 1.54) is 13.5 Å². The number of benzene rings is 1. The second-order valence-electron chi connectivity index (χ2n) is 7.50. The van der Waals surface area contributed by atoms with Crippen LogP contribution in [0.5, 0.6) is 0 Å². The fraction of sp³-hybridized carbons (Fsp3) is 0.571. The molecule has 1 heterocycles. The van der Waals surface area contributed by atoms with Gasteiger partial charge in [-0.05, 0) is 43.9 Å². The van der Waals surface area contributed by atoms with Crippen LogP contribution in [0.4, 0.5) is 5.69 Å². The predicted octanol–water partition coefficient (Wildman–Crippen LogP) is 3.23. The van der Waals surface area contributed by atoms with Crippen LogP contribution in [0.15, 0.2) is 24.3 Å². The lowest BCUT2D eigenvalue weighted by Crippen LogP contribution is -2.44. The smallest absolute Gasteiger partial charge is 0.337 e. The number of amides is 2. The van der Waals surface area contributed by atoms with Gasteiger partial charge >= 0.3 is 5.97 Å². The Kier molecular flexibility index (Phi) is 6.48. The van der Waals surface area contributed by atoms with Gasteiger partial charge in [-0.1, -0.05) is 25.3 Å². The van der Waals surface area contributed by atoms with Gasteiger partial charge in [0.25, 0.3) is 0 Å². The Bertz CT molecular complexity index is 689. The van der Waals surface area contributed by atoms with Crippen molar-refractivity contribution in [1.29, 1.82) is 0 Å². The van der Waals surface area contributed by atoms with Crippen LogP contribution in [-0.2, 0) is 14.3 Å². The maximum Gasteiger partial charge on any atom is 0.337 e. The second kappa shape index (κ2) is 9.02. The van der Waals surface area contributed by atoms with E-state index in [0.717, 1.165) is 25.7 Å². The van der Waals surface area contributed by atoms with Gasteiger partial charge in [-0.3, -0.25) is 9.59 Å². The average Bonchev–Trinajstić information content (AvgIpc) is 2.73. The van der Waals surface area contributed by atoms with E-state index < -0.39 is 5.97 Å². The maximum absolute atomic E-state index is 12.6. The minimum atomic E-state index is -0.430. The van der Waals surface area contributed by atoms with Gasteiger partial charge in [0, 0.05) is 30.6 Å². The van der Waals surface area contributed by atoms with Gasteiger partial charge in [0.1, 0.15) is 0 Å². The van der Waals surface area contributed by atoms with Crippen molar-refractivity contribution >= 4 is 23.5 Å². The van der Waals surface area contributed by atoms with Gasteiger partial charge in [0.15, 0.2) is 0 Å². The summed E-state index contributed by atoms with van der Waals surface area (Å²) in [4.78, 5) is 38.8. The van der Waals surface area contributed by atoms with Crippen LogP contribution in [-0.4, -0.2) is 42.9 Å². The fourth-order valence-electron chi connectivity index (χ4n) is 4.06. The molecule has 1 saturated carbocycles. The topological polar surface area (TPSA) is 75.7 Å². The Balaban J connectivity index is 1.51. The molecule has 1 aliphatic heterocycles. The fourth-order valence-corrected chi connectivity index (χ4v) is 4.06. The molecular formula is C21H28N2O4. The van der Waals surface area contributed by atoms with E-state index in [1.807, 2.05) is 4.90 Å². The zero-order valence-electron chi connectivity index (χ0n) is 15.9. The number of hydrogen-bond acceptors (Lipinski definition) is 4. The van der Waals surface area contributed by atoms with Crippen molar-refractivity contribution in [3.8, 4) is 0 Å². The molecule has 0 unspecified atom stereocenters. The zero-order valence-corrected chi connectivity index (χ0v) is 15.9. The standard InChI is InChI=1S/C21H28N2O4/c1-27-21(26)17-8-5-9-18(14-17)22-19(24)15-10-12-23(13-11-15)20(25)16-6-3-2-4-7-16/h5,8-9,14-16H,2-4,6-7,10-13H2,1H3,(H,22,24). The third kappa shape index (κ3) is 4.87. The highest BCUT2D eigenvalue weighted by molar-refractivity contribution is 5.95. The molecule has 0 atom stereocenters. The van der Waals surface area contributed by atoms with Crippen LogP contribution in [0.3, 0.4) is 0 Å². The van der Waals surface area contributed by atoms with Crippen molar-refractivity contribution in [3.05, 3.63) is 29.8 Å². The van der Waals surface area contributed by atoms with Crippen LogP contribution in [0.1, 0.15) is 55.3 Å². The molecule has 6 heteroatoms. The molecule has 0 radical (unpaired) electrons. The third-order valence-corrected chi connectivity index (χ3v) is 5.68. The molecule has 3 rings (SSSR count). The van der Waals surface area contributed by atoms with Crippen molar-refractivity contribution in [2.75, 3.05) is 25.5 Å². The largest absolute Gasteiger partial charge is 0.465 e. The lowest BCUT2D eigenvalue weighted by atomic mass is 9.87. The lowest BCUT2D eigenvalue weighted by Gasteiger charge is -2.34. The Labute approximate surface area is 160 Å². The molecule has 1 N–H and O–H groups in total. The van der Waals surface area contributed by atoms with Crippen LogP contribution < -0.4 is 5.32 Å². The lowest BCUT2D eigenvalue weighted by molar-refractivity contribution is -0.139. The average molecular weight is 372 g/mol. The van der Waals surface area contributed by atoms with E-state index in [1.54, 1.807) is 24.3 Å². The summed E-state index contributed by atoms with van der Waals surface area (Å²) in [5, 5.41) is 2.89. The van der Waals surface area contributed by atoms with Crippen molar-refractivity contribution in [2.24, 2.45) is 11.8 Å². The van der Waals surface area contributed by atoms with Gasteiger partial charge in [-0.2, -0.15) is 0 Å². The number of piperidine rings is 1. The van der Waals surface area contributed by atoms with E-state index in [9.17, 15) is 14.4 Å². The molecule has 1 saturated heterocycles. The van der Waals surface area contributed by atoms with Gasteiger partial charge in [0.2, 0.25) is 11.8 Å². The summed E-state index contributed by atoms with van der Waals surface area (Å²) >= 11 is 0. The minimum Gasteiger partial charge on any atom is -0.465 e. The summed E-state index contributed by atoms with van der Waals surface area (Å²) in [6.07, 6.45) is 6.93. The van der Waals surface area contributed by atoms with Crippen molar-refractivity contribution in [2.45, 2.75) is 44.9 Å². The highest BCUT2D eigenvalue weighted by atomic mass is 16.5. The molecule has 0 aromatic heterocycles. The molecule has 1 aliphatic carbocycles. The van der Waals surface area contributed by atoms with Gasteiger partial charge < -0.3 is 15.0 Å². The van der Waals surface area contributed by atoms with Crippen molar-refractivity contribution < 1.29 is 19.1 Å². The first-order chi connectivity index (χ1) is 13.1. The number of carbonyl (C=O) groups excluding carboxylic acids is 3. The monoisotopic (exact) mass is 372 g/mol. The summed E-state index contributed by atoms with van der Waals surface area (Å²) in [6.45, 7) is 1.30. The molecule has 2 aliphatic rings. The number of rotatable bonds is 4. The summed E-state index contributed by atoms with van der Waals surface area (Å²) in [5.41, 5.74) is 0.992. The quantitative estimate of drug-likeness (QED) is 0.824. The third-order valence-electron chi connectivity index (χ3n) is 5.68. The molecule has 6 nitrogen and oxygen atoms in total. The molecule has 0 spiro atoms. The summed E-state index contributed by atoms with van der Waals surface area (Å²) < 4.78 is 4.71. The van der Waals surface area contributed by atoms with E-state index in [-0.39, 0.29) is 23.7 Å². The predicted molar refractivity (Wildman–Crippen MR) is 102 cm³/mol. The first-order valence-corrected chi connectivity index (χ1v) is 9.86. The van der Waals surface area contributed by atoms with E-state index in [4.69, 9.17) is 4.74 Å². The number of anilines is 1. The maximum atomic E-state index is 12.6. The van der Waals surface area contributed by atoms with E-state index in [0.29, 0.717) is 37.2 Å². The number of esters is 1. The van der Waals surface area contributed by atoms with Crippen molar-refractivity contribution in [3.63, 3.8) is 0 Å². The highest BCUT2D eigenvalue weighted by Gasteiger charge is 2.31. The number of ether oxygens (including phenoxy) is 1. The molecule has 0 bridgehead atoms. The van der Waals surface area contributed by atoms with Crippen LogP contribution >= 0.6 is 0 Å². The molecule has 1 aromatic carbocycles. The van der Waals surface area contributed by atoms with Gasteiger partial charge in [0.05, 0.1) is 12.7 Å². The molecular weight excluding hydrogens is 344 g/mol. The first-order valence-electron chi connectivity index (χ1n) is 9.86. The molecule has 27 heavy (non-hydrogen) atoms. The Morgan fingerprint density at radius 2 is 1.70 bits per heavy atom. The number of hydrogen-bond donors (Lipinski definition) is 1. The van der Waals surface area contributed by atoms with Crippen LogP contribution in [0, 0.1) is 11.8 Å². The number of methoxy groups -OCH3 is 1. The molecule has 1 aromatic rings. The van der Waals surface area contributed by atoms with Gasteiger partial charge in [-0.25, -0.2) is 4.79 Å². The molecule has 2 amide bonds. The van der Waals surface area contributed by atoms with E-state index in [2.05, 4.69) is 5.32 Å². The number of nitrogens with one attached hydrogen (secondary N) is 1. The molecule has 146 valence electrons. The summed E-state index contributed by atoms with van der Waals surface area (Å²) in [7, 11) is 1.33. The first kappa shape index (κ1) is 19.4. The van der Waals surface area contributed by atoms with Gasteiger partial charge in [-0.15, -0.1) is 0 Å². The normalized spacial score (nSPS) is 18.8. The summed E-state index contributed by atoms with van der Waals surface area (Å²) in [5.74, 6) is -0.130. The zero-order chi connectivity index (χ0) is 19.2. The Morgan fingerprint density at radius 1 is 1.00 bits per heavy atom. The minimum absolute atomic E-state index is 0.0539. The number of carbonyl (C=O) groups is 3. The highest BCUT2D eigenvalue weighted by Crippen LogP contribution is 2.28. The Morgan fingerprint density at radius 3 is 2.37 bits per heavy atom. The number of nitrogens with zero attached hydrogens (tertiary/aromatic N) is 1. The van der Waals surface area contributed by atoms with Crippen molar-refractivity contribution in [1.82, 2.24) is 4.90 Å². The summed E-state index contributed by atoms with van der Waals surface area (Å²) in [6, 6.07) is 6.74. The van der Waals surface area contributed by atoms with Crippen LogP contribution in [0.25, 0.3) is 0 Å². The molecule has 2 fully saturated rings. The Hall–Kier alpha value is -2.37. The number of likely N-dealkylation sites (tertiary alicyclic amines) is 1. The van der Waals surface area contributed by atoms with E-state index >= 15 is 0 Å². The van der Waals surface area contributed by atoms with Crippen LogP contribution in [0.2, 0.25) is 0 Å². The second-order valence-corrected chi connectivity index (χ2v) is 7.50.